The van der Waals surface area contributed by atoms with E-state index in [1.54, 1.807) is 0 Å². The molecule has 0 fully saturated rings. The summed E-state index contributed by atoms with van der Waals surface area (Å²) in [5.74, 6) is 0. The van der Waals surface area contributed by atoms with Gasteiger partial charge in [-0.15, -0.1) is 0 Å². The molecule has 0 saturated carbocycles. The van der Waals surface area contributed by atoms with Crippen LogP contribution >= 0.6 is 0 Å². The average molecular weight is 507 g/mol. The topological polar surface area (TPSA) is 0 Å². The normalized spacial score (nSPS) is 11.3. The van der Waals surface area contributed by atoms with Gasteiger partial charge in [0, 0.05) is 0 Å². The van der Waals surface area contributed by atoms with Gasteiger partial charge in [0.05, 0.1) is 0 Å². The fourth-order valence-electron chi connectivity index (χ4n) is 5.60. The Morgan fingerprint density at radius 3 is 1.22 bits per heavy atom. The Kier molecular flexibility index (Phi) is 11.9. The highest BCUT2D eigenvalue weighted by Crippen LogP contribution is 2.21. The first-order valence-electron chi connectivity index (χ1n) is 14.4. The van der Waals surface area contributed by atoms with Gasteiger partial charge in [0.1, 0.15) is 8.07 Å². The predicted molar refractivity (Wildman–Crippen MR) is 171 cm³/mol. The lowest BCUT2D eigenvalue weighted by molar-refractivity contribution is 0.562. The molecular formula is C36H46Si. The van der Waals surface area contributed by atoms with E-state index in [1.807, 2.05) is 18.2 Å². The van der Waals surface area contributed by atoms with E-state index in [0.717, 1.165) is 0 Å². The smallest absolute Gasteiger partial charge is 0.0985 e. The molecule has 0 heterocycles. The molecule has 0 amide bonds. The van der Waals surface area contributed by atoms with Crippen molar-refractivity contribution < 1.29 is 0 Å². The third-order valence-electron chi connectivity index (χ3n) is 7.75. The lowest BCUT2D eigenvalue weighted by atomic mass is 10.1. The molecular weight excluding hydrogens is 460 g/mol. The number of hydrogen-bond acceptors (Lipinski definition) is 0. The van der Waals surface area contributed by atoms with Crippen molar-refractivity contribution in [2.75, 3.05) is 0 Å². The van der Waals surface area contributed by atoms with Crippen LogP contribution < -0.4 is 15.6 Å². The summed E-state index contributed by atoms with van der Waals surface area (Å²) in [6.07, 6.45) is 19.5. The molecule has 0 bridgehead atoms. The molecule has 0 aliphatic carbocycles. The van der Waals surface area contributed by atoms with Crippen LogP contribution in [0.5, 0.6) is 0 Å². The van der Waals surface area contributed by atoms with Crippen LogP contribution in [-0.2, 0) is 0 Å². The molecule has 0 saturated heterocycles. The molecule has 37 heavy (non-hydrogen) atoms. The first-order chi connectivity index (χ1) is 18.2. The van der Waals surface area contributed by atoms with E-state index in [9.17, 15) is 0 Å². The molecule has 3 rings (SSSR count). The van der Waals surface area contributed by atoms with Crippen LogP contribution in [0.3, 0.4) is 0 Å². The summed E-state index contributed by atoms with van der Waals surface area (Å²) in [4.78, 5) is 0. The number of rotatable bonds is 17. The van der Waals surface area contributed by atoms with Crippen LogP contribution in [-0.4, -0.2) is 8.07 Å². The van der Waals surface area contributed by atoms with Crippen LogP contribution in [0.25, 0.3) is 18.2 Å². The second kappa shape index (κ2) is 15.4. The van der Waals surface area contributed by atoms with E-state index >= 15 is 0 Å². The SMILES string of the molecule is C=Cc1cccc([Si](CCCCCCCCCCCC)(c2cccc(C=C)c2)c2cccc(C=C)c2)c1. The van der Waals surface area contributed by atoms with E-state index in [2.05, 4.69) is 99.5 Å². The van der Waals surface area contributed by atoms with E-state index in [0.29, 0.717) is 0 Å². The lowest BCUT2D eigenvalue weighted by Gasteiger charge is -2.35. The van der Waals surface area contributed by atoms with Crippen molar-refractivity contribution in [3.05, 3.63) is 109 Å². The first kappa shape index (κ1) is 28.7. The average Bonchev–Trinajstić information content (AvgIpc) is 2.96. The van der Waals surface area contributed by atoms with Crippen molar-refractivity contribution in [3.8, 4) is 0 Å². The minimum absolute atomic E-state index is 1.19. The van der Waals surface area contributed by atoms with Gasteiger partial charge in [0.2, 0.25) is 0 Å². The van der Waals surface area contributed by atoms with Crippen molar-refractivity contribution in [1.82, 2.24) is 0 Å². The molecule has 194 valence electrons. The van der Waals surface area contributed by atoms with Gasteiger partial charge in [0.15, 0.2) is 0 Å². The third kappa shape index (κ3) is 7.79. The van der Waals surface area contributed by atoms with Gasteiger partial charge in [-0.2, -0.15) is 0 Å². The standard InChI is InChI=1S/C36H46Si/c1-5-9-10-11-12-13-14-15-16-17-27-37(34-24-18-21-31(6-2)28-34,35-25-19-22-32(7-3)29-35)36-26-20-23-33(8-4)30-36/h6-8,18-26,28-30H,2-5,9-17,27H2,1H3. The monoisotopic (exact) mass is 506 g/mol. The molecule has 0 radical (unpaired) electrons. The zero-order valence-corrected chi connectivity index (χ0v) is 24.1. The van der Waals surface area contributed by atoms with Gasteiger partial charge in [0.25, 0.3) is 0 Å². The Bertz CT molecular complexity index is 1010. The quantitative estimate of drug-likeness (QED) is 0.0973. The van der Waals surface area contributed by atoms with Crippen molar-refractivity contribution in [3.63, 3.8) is 0 Å². The molecule has 3 aromatic carbocycles. The van der Waals surface area contributed by atoms with Crippen molar-refractivity contribution in [1.29, 1.82) is 0 Å². The van der Waals surface area contributed by atoms with Crippen LogP contribution in [0.2, 0.25) is 6.04 Å². The summed E-state index contributed by atoms with van der Waals surface area (Å²) in [6.45, 7) is 14.5. The van der Waals surface area contributed by atoms with Crippen LogP contribution in [0.15, 0.2) is 92.5 Å². The molecule has 0 N–H and O–H groups in total. The van der Waals surface area contributed by atoms with Crippen LogP contribution in [0.1, 0.15) is 87.8 Å². The minimum Gasteiger partial charge on any atom is -0.0985 e. The Morgan fingerprint density at radius 2 is 0.865 bits per heavy atom. The Balaban J connectivity index is 1.93. The molecule has 0 aromatic heterocycles. The van der Waals surface area contributed by atoms with Gasteiger partial charge in [-0.25, -0.2) is 0 Å². The van der Waals surface area contributed by atoms with Gasteiger partial charge < -0.3 is 0 Å². The fourth-order valence-corrected chi connectivity index (χ4v) is 10.6. The fraction of sp³-hybridized carbons (Fsp3) is 0.333. The number of benzene rings is 3. The minimum atomic E-state index is -2.30. The molecule has 3 aromatic rings. The molecule has 0 atom stereocenters. The van der Waals surface area contributed by atoms with Gasteiger partial charge in [-0.3, -0.25) is 0 Å². The lowest BCUT2D eigenvalue weighted by Crippen LogP contribution is -2.67. The second-order valence-corrected chi connectivity index (χ2v) is 14.4. The Morgan fingerprint density at radius 1 is 0.514 bits per heavy atom. The first-order valence-corrected chi connectivity index (χ1v) is 16.6. The van der Waals surface area contributed by atoms with Crippen molar-refractivity contribution in [2.45, 2.75) is 77.2 Å². The Labute approximate surface area is 227 Å². The summed E-state index contributed by atoms with van der Waals surface area (Å²) >= 11 is 0. The van der Waals surface area contributed by atoms with E-state index < -0.39 is 8.07 Å². The number of unbranched alkanes of at least 4 members (excludes halogenated alkanes) is 9. The van der Waals surface area contributed by atoms with E-state index in [1.165, 1.54) is 103 Å². The molecule has 0 nitrogen and oxygen atoms in total. The zero-order chi connectivity index (χ0) is 26.3. The molecule has 0 aliphatic rings. The number of hydrogen-bond donors (Lipinski definition) is 0. The molecule has 0 unspecified atom stereocenters. The highest BCUT2D eigenvalue weighted by Gasteiger charge is 2.39. The predicted octanol–water partition coefficient (Wildman–Crippen LogP) is 9.01. The third-order valence-corrected chi connectivity index (χ3v) is 12.7. The van der Waals surface area contributed by atoms with Crippen LogP contribution in [0.4, 0.5) is 0 Å². The largest absolute Gasteiger partial charge is 0.148 e. The van der Waals surface area contributed by atoms with Crippen molar-refractivity contribution >= 4 is 41.9 Å². The van der Waals surface area contributed by atoms with E-state index in [-0.39, 0.29) is 0 Å². The van der Waals surface area contributed by atoms with Gasteiger partial charge in [-0.1, -0.05) is 182 Å². The molecule has 0 aliphatic heterocycles. The van der Waals surface area contributed by atoms with Crippen molar-refractivity contribution in [2.24, 2.45) is 0 Å². The summed E-state index contributed by atoms with van der Waals surface area (Å²) in [7, 11) is -2.30. The summed E-state index contributed by atoms with van der Waals surface area (Å²) in [6, 6.07) is 28.5. The highest BCUT2D eigenvalue weighted by atomic mass is 28.3. The van der Waals surface area contributed by atoms with Crippen LogP contribution in [0, 0.1) is 0 Å². The maximum absolute atomic E-state index is 4.07. The van der Waals surface area contributed by atoms with E-state index in [4.69, 9.17) is 0 Å². The second-order valence-electron chi connectivity index (χ2n) is 10.3. The van der Waals surface area contributed by atoms with Gasteiger partial charge >= 0.3 is 0 Å². The summed E-state index contributed by atoms with van der Waals surface area (Å²) < 4.78 is 0. The Hall–Kier alpha value is -2.90. The molecule has 1 heteroatoms. The maximum atomic E-state index is 4.07. The highest BCUT2D eigenvalue weighted by molar-refractivity contribution is 7.11. The van der Waals surface area contributed by atoms with Gasteiger partial charge in [-0.05, 0) is 38.3 Å². The maximum Gasteiger partial charge on any atom is 0.148 e. The zero-order valence-electron chi connectivity index (χ0n) is 23.1. The summed E-state index contributed by atoms with van der Waals surface area (Å²) in [5.41, 5.74) is 3.58. The molecule has 0 spiro atoms. The summed E-state index contributed by atoms with van der Waals surface area (Å²) in [5, 5.41) is 4.38.